The summed E-state index contributed by atoms with van der Waals surface area (Å²) in [6.07, 6.45) is -4.59. The lowest BCUT2D eigenvalue weighted by Crippen LogP contribution is -2.61. The molecule has 0 spiro atoms. The molecule has 15 heteroatoms. The SMILES string of the molecule is CC[C@H]1OC(=O)[C@H](C)C(=O)[C@H](C)[C@@H](O[C@@H]2O[C@H](COC(=O)c3ccccc3)C[C@H](N(C)C)[C@H]2OC(=O)c2ccccc2)[C@](C)(OC)C[C@@H](C)CN(C)[C@H](C)[C@H]2NC(=O)O[C@]21C. The lowest BCUT2D eigenvalue weighted by Gasteiger charge is -2.48. The minimum absolute atomic E-state index is 0.0730. The van der Waals surface area contributed by atoms with Gasteiger partial charge in [0.2, 0.25) is 0 Å². The van der Waals surface area contributed by atoms with E-state index in [1.165, 1.54) is 6.92 Å². The summed E-state index contributed by atoms with van der Waals surface area (Å²) in [6, 6.07) is 15.9. The molecule has 3 heterocycles. The van der Waals surface area contributed by atoms with E-state index < -0.39 is 95.6 Å². The van der Waals surface area contributed by atoms with Crippen LogP contribution in [0, 0.1) is 17.8 Å². The highest BCUT2D eigenvalue weighted by atomic mass is 16.7. The van der Waals surface area contributed by atoms with Crippen molar-refractivity contribution in [3.8, 4) is 0 Å². The number of nitrogens with zero attached hydrogens (tertiary/aromatic N) is 2. The van der Waals surface area contributed by atoms with Gasteiger partial charge in [-0.25, -0.2) is 14.4 Å². The van der Waals surface area contributed by atoms with Gasteiger partial charge in [0.1, 0.15) is 18.6 Å². The van der Waals surface area contributed by atoms with Gasteiger partial charge in [-0.05, 0) is 98.3 Å². The van der Waals surface area contributed by atoms with E-state index in [1.54, 1.807) is 81.6 Å². The van der Waals surface area contributed by atoms with E-state index in [1.807, 2.05) is 46.8 Å². The van der Waals surface area contributed by atoms with Crippen molar-refractivity contribution in [2.24, 2.45) is 17.8 Å². The molecule has 3 saturated heterocycles. The summed E-state index contributed by atoms with van der Waals surface area (Å²) in [6.45, 7) is 13.1. The van der Waals surface area contributed by atoms with Crippen LogP contribution in [0.2, 0.25) is 0 Å². The molecule has 3 aliphatic heterocycles. The van der Waals surface area contributed by atoms with Gasteiger partial charge < -0.3 is 48.3 Å². The molecule has 0 saturated carbocycles. The number of rotatable bonds is 10. The second kappa shape index (κ2) is 20.2. The quantitative estimate of drug-likeness (QED) is 0.186. The molecule has 3 aliphatic rings. The number of benzene rings is 2. The van der Waals surface area contributed by atoms with Gasteiger partial charge in [0, 0.05) is 25.6 Å². The van der Waals surface area contributed by atoms with E-state index in [2.05, 4.69) is 17.1 Å². The van der Waals surface area contributed by atoms with Gasteiger partial charge in [-0.15, -0.1) is 0 Å². The number of hydrogen-bond acceptors (Lipinski definition) is 14. The molecule has 1 N–H and O–H groups in total. The lowest BCUT2D eigenvalue weighted by molar-refractivity contribution is -0.299. The van der Waals surface area contributed by atoms with Gasteiger partial charge in [-0.3, -0.25) is 9.59 Å². The first-order chi connectivity index (χ1) is 28.8. The Hall–Kier alpha value is -4.41. The fourth-order valence-electron chi connectivity index (χ4n) is 9.21. The maximum Gasteiger partial charge on any atom is 0.408 e. The van der Waals surface area contributed by atoms with Crippen LogP contribution in [0.1, 0.15) is 88.4 Å². The van der Waals surface area contributed by atoms with Crippen molar-refractivity contribution in [2.45, 2.75) is 128 Å². The molecule has 2 aromatic rings. The van der Waals surface area contributed by atoms with Gasteiger partial charge >= 0.3 is 24.0 Å². The summed E-state index contributed by atoms with van der Waals surface area (Å²) in [5, 5.41) is 2.95. The summed E-state index contributed by atoms with van der Waals surface area (Å²) in [4.78, 5) is 72.3. The van der Waals surface area contributed by atoms with Gasteiger partial charge in [0.05, 0.1) is 41.0 Å². The highest BCUT2D eigenvalue weighted by molar-refractivity contribution is 6.00. The van der Waals surface area contributed by atoms with Gasteiger partial charge in [0.15, 0.2) is 23.8 Å². The second-order valence-electron chi connectivity index (χ2n) is 17.6. The van der Waals surface area contributed by atoms with Gasteiger partial charge in [-0.2, -0.15) is 0 Å². The van der Waals surface area contributed by atoms with Crippen molar-refractivity contribution >= 4 is 29.8 Å². The van der Waals surface area contributed by atoms with Gasteiger partial charge in [-0.1, -0.05) is 57.2 Å². The molecule has 1 amide bonds. The number of fused-ring (bicyclic) bond motifs is 1. The minimum Gasteiger partial charge on any atom is -0.459 e. The van der Waals surface area contributed by atoms with E-state index in [-0.39, 0.29) is 18.6 Å². The van der Waals surface area contributed by atoms with E-state index in [9.17, 15) is 24.0 Å². The average molecular weight is 852 g/mol. The normalized spacial score (nSPS) is 35.5. The lowest BCUT2D eigenvalue weighted by atomic mass is 9.78. The molecule has 0 aromatic heterocycles. The number of carbonyl (C=O) groups is 5. The number of carbonyl (C=O) groups excluding carboxylic acids is 5. The van der Waals surface area contributed by atoms with Crippen LogP contribution in [0.25, 0.3) is 0 Å². The van der Waals surface area contributed by atoms with E-state index in [0.717, 1.165) is 0 Å². The first-order valence-corrected chi connectivity index (χ1v) is 21.3. The van der Waals surface area contributed by atoms with E-state index in [0.29, 0.717) is 36.9 Å². The van der Waals surface area contributed by atoms with E-state index >= 15 is 0 Å². The van der Waals surface area contributed by atoms with Gasteiger partial charge in [0.25, 0.3) is 0 Å². The number of Topliss-reactive ketones (excluding diaryl/α,β-unsaturated/α-hetero) is 1. The van der Waals surface area contributed by atoms with Crippen molar-refractivity contribution < 1.29 is 57.1 Å². The molecular formula is C46H65N3O12. The monoisotopic (exact) mass is 851 g/mol. The maximum atomic E-state index is 14.6. The molecule has 0 radical (unpaired) electrons. The van der Waals surface area contributed by atoms with Crippen LogP contribution in [0.3, 0.4) is 0 Å². The standard InChI is InChI=1S/C46H65N3O12/c1-12-35-46(7)38(47-44(54)61-46)30(5)49(10)25-27(2)24-45(6,55-11)39(28(3)36(50)29(4)40(51)58-35)60-43-37(59-42(53)32-21-17-14-18-22-32)34(48(8)9)23-33(57-43)26-56-41(52)31-19-15-13-16-20-31/h13-22,27-30,33-35,37-39,43H,12,23-26H2,1-11H3,(H,47,54)/t27-,28+,29-,30-,33+,34+,35-,37-,38-,39-,43+,45-,46+/m1/s1. The number of cyclic esters (lactones) is 1. The number of ketones is 1. The highest BCUT2D eigenvalue weighted by Crippen LogP contribution is 2.39. The molecule has 2 aromatic carbocycles. The summed E-state index contributed by atoms with van der Waals surface area (Å²) in [5.74, 6) is -4.71. The Morgan fingerprint density at radius 3 is 2.11 bits per heavy atom. The second-order valence-corrected chi connectivity index (χ2v) is 17.6. The van der Waals surface area contributed by atoms with Crippen LogP contribution in [-0.4, -0.2) is 141 Å². The maximum absolute atomic E-state index is 14.6. The predicted octanol–water partition coefficient (Wildman–Crippen LogP) is 5.29. The van der Waals surface area contributed by atoms with Crippen LogP contribution in [0.5, 0.6) is 0 Å². The number of methoxy groups -OCH3 is 1. The van der Waals surface area contributed by atoms with Crippen molar-refractivity contribution in [1.82, 2.24) is 15.1 Å². The summed E-state index contributed by atoms with van der Waals surface area (Å²) in [7, 11) is 7.20. The zero-order valence-electron chi connectivity index (χ0n) is 37.5. The fraction of sp³-hybridized carbons (Fsp3) is 0.630. The third kappa shape index (κ3) is 10.8. The number of likely N-dealkylation sites (N-methyl/N-ethyl adjacent to an activating group) is 2. The van der Waals surface area contributed by atoms with Crippen LogP contribution in [0.15, 0.2) is 60.7 Å². The molecule has 61 heavy (non-hydrogen) atoms. The number of ether oxygens (including phenoxy) is 7. The molecule has 13 atom stereocenters. The largest absolute Gasteiger partial charge is 0.459 e. The molecule has 0 bridgehead atoms. The Morgan fingerprint density at radius 2 is 1.54 bits per heavy atom. The van der Waals surface area contributed by atoms with Crippen molar-refractivity contribution in [2.75, 3.05) is 41.4 Å². The third-order valence-corrected chi connectivity index (χ3v) is 12.8. The summed E-state index contributed by atoms with van der Waals surface area (Å²) >= 11 is 0. The highest BCUT2D eigenvalue weighted by Gasteiger charge is 2.56. The number of amides is 1. The molecule has 0 unspecified atom stereocenters. The Morgan fingerprint density at radius 1 is 0.934 bits per heavy atom. The topological polar surface area (TPSA) is 168 Å². The molecule has 336 valence electrons. The summed E-state index contributed by atoms with van der Waals surface area (Å²) in [5.41, 5.74) is -1.71. The number of nitrogens with one attached hydrogen (secondary N) is 1. The van der Waals surface area contributed by atoms with Crippen LogP contribution >= 0.6 is 0 Å². The molecule has 0 aliphatic carbocycles. The molecule has 15 nitrogen and oxygen atoms in total. The predicted molar refractivity (Wildman–Crippen MR) is 225 cm³/mol. The fourth-order valence-corrected chi connectivity index (χ4v) is 9.21. The van der Waals surface area contributed by atoms with Crippen molar-refractivity contribution in [3.63, 3.8) is 0 Å². The Labute approximate surface area is 360 Å². The molecule has 3 fully saturated rings. The zero-order chi connectivity index (χ0) is 44.8. The average Bonchev–Trinajstić information content (AvgIpc) is 3.56. The summed E-state index contributed by atoms with van der Waals surface area (Å²) < 4.78 is 44.0. The molecular weight excluding hydrogens is 787 g/mol. The van der Waals surface area contributed by atoms with Crippen LogP contribution < -0.4 is 5.32 Å². The Bertz CT molecular complexity index is 1830. The minimum atomic E-state index is -1.30. The smallest absolute Gasteiger partial charge is 0.408 e. The Balaban J connectivity index is 1.54. The van der Waals surface area contributed by atoms with Crippen LogP contribution in [0.4, 0.5) is 4.79 Å². The van der Waals surface area contributed by atoms with Crippen molar-refractivity contribution in [1.29, 1.82) is 0 Å². The first-order valence-electron chi connectivity index (χ1n) is 21.3. The zero-order valence-corrected chi connectivity index (χ0v) is 37.5. The molecule has 5 rings (SSSR count). The first kappa shape index (κ1) is 47.6. The number of alkyl carbamates (subject to hydrolysis) is 1. The van der Waals surface area contributed by atoms with E-state index in [4.69, 9.17) is 33.2 Å². The van der Waals surface area contributed by atoms with Crippen molar-refractivity contribution in [3.05, 3.63) is 71.8 Å². The number of hydrogen-bond donors (Lipinski definition) is 1. The third-order valence-electron chi connectivity index (χ3n) is 12.8. The van der Waals surface area contributed by atoms with Crippen LogP contribution in [-0.2, 0) is 42.7 Å². The Kier molecular flexibility index (Phi) is 15.8. The number of esters is 3.